The second-order valence-electron chi connectivity index (χ2n) is 6.00. The van der Waals surface area contributed by atoms with E-state index in [1.54, 1.807) is 0 Å². The number of ether oxygens (including phenoxy) is 1. The van der Waals surface area contributed by atoms with Crippen LogP contribution in [0, 0.1) is 11.3 Å². The van der Waals surface area contributed by atoms with E-state index in [1.807, 2.05) is 0 Å². The first-order chi connectivity index (χ1) is 8.13. The van der Waals surface area contributed by atoms with Gasteiger partial charge in [-0.2, -0.15) is 0 Å². The maximum Gasteiger partial charge on any atom is 0.0546 e. The molecule has 1 heterocycles. The molecule has 2 aliphatic rings. The highest BCUT2D eigenvalue weighted by molar-refractivity contribution is 4.87. The summed E-state index contributed by atoms with van der Waals surface area (Å²) in [7, 11) is 2.18. The van der Waals surface area contributed by atoms with Crippen LogP contribution in [0.1, 0.15) is 25.7 Å². The largest absolute Gasteiger partial charge is 0.393 e. The quantitative estimate of drug-likeness (QED) is 0.735. The average Bonchev–Trinajstić information content (AvgIpc) is 2.28. The minimum atomic E-state index is -0.0417. The van der Waals surface area contributed by atoms with E-state index in [1.165, 1.54) is 0 Å². The van der Waals surface area contributed by atoms with E-state index in [0.29, 0.717) is 5.92 Å². The number of rotatable bonds is 5. The van der Waals surface area contributed by atoms with Gasteiger partial charge in [0, 0.05) is 26.3 Å². The molecule has 0 aromatic carbocycles. The number of aliphatic hydroxyl groups is 1. The second kappa shape index (κ2) is 5.65. The van der Waals surface area contributed by atoms with Gasteiger partial charge in [-0.15, -0.1) is 0 Å². The highest BCUT2D eigenvalue weighted by atomic mass is 16.5. The number of nitrogens with two attached hydrogens (primary N) is 1. The highest BCUT2D eigenvalue weighted by Crippen LogP contribution is 2.32. The van der Waals surface area contributed by atoms with Crippen LogP contribution in [0.3, 0.4) is 0 Å². The van der Waals surface area contributed by atoms with Crippen molar-refractivity contribution in [3.05, 3.63) is 0 Å². The van der Waals surface area contributed by atoms with E-state index >= 15 is 0 Å². The van der Waals surface area contributed by atoms with Crippen molar-refractivity contribution in [2.75, 3.05) is 39.9 Å². The van der Waals surface area contributed by atoms with E-state index in [0.717, 1.165) is 58.5 Å². The first-order valence-corrected chi connectivity index (χ1v) is 6.78. The number of nitrogens with zero attached hydrogens (tertiary/aromatic N) is 1. The summed E-state index contributed by atoms with van der Waals surface area (Å²) in [5.74, 6) is 0.685. The molecule has 0 aromatic rings. The Bertz CT molecular complexity index is 236. The van der Waals surface area contributed by atoms with Gasteiger partial charge in [-0.3, -0.25) is 0 Å². The standard InChI is InChI=1S/C13H26N2O2/c1-15(8-11-6-12(16)7-11)10-13(9-14)2-4-17-5-3-13/h11-12,16H,2-10,14H2,1H3. The fourth-order valence-corrected chi connectivity index (χ4v) is 3.16. The summed E-state index contributed by atoms with van der Waals surface area (Å²) < 4.78 is 5.43. The van der Waals surface area contributed by atoms with Crippen molar-refractivity contribution in [3.63, 3.8) is 0 Å². The van der Waals surface area contributed by atoms with E-state index in [2.05, 4.69) is 11.9 Å². The smallest absolute Gasteiger partial charge is 0.0546 e. The van der Waals surface area contributed by atoms with Crippen LogP contribution >= 0.6 is 0 Å². The zero-order chi connectivity index (χ0) is 12.3. The van der Waals surface area contributed by atoms with Crippen molar-refractivity contribution >= 4 is 0 Å². The van der Waals surface area contributed by atoms with Crippen molar-refractivity contribution in [1.82, 2.24) is 4.90 Å². The third kappa shape index (κ3) is 3.41. The highest BCUT2D eigenvalue weighted by Gasteiger charge is 2.34. The van der Waals surface area contributed by atoms with Crippen molar-refractivity contribution < 1.29 is 9.84 Å². The summed E-state index contributed by atoms with van der Waals surface area (Å²) in [5, 5.41) is 9.29. The molecule has 2 rings (SSSR count). The fraction of sp³-hybridized carbons (Fsp3) is 1.00. The zero-order valence-electron chi connectivity index (χ0n) is 10.9. The van der Waals surface area contributed by atoms with Gasteiger partial charge in [-0.25, -0.2) is 0 Å². The third-order valence-electron chi connectivity index (χ3n) is 4.37. The van der Waals surface area contributed by atoms with Crippen molar-refractivity contribution in [2.45, 2.75) is 31.8 Å². The van der Waals surface area contributed by atoms with Crippen LogP contribution in [0.4, 0.5) is 0 Å². The van der Waals surface area contributed by atoms with Gasteiger partial charge in [0.2, 0.25) is 0 Å². The maximum absolute atomic E-state index is 9.29. The van der Waals surface area contributed by atoms with Crippen molar-refractivity contribution in [1.29, 1.82) is 0 Å². The van der Waals surface area contributed by atoms with Gasteiger partial charge in [0.15, 0.2) is 0 Å². The lowest BCUT2D eigenvalue weighted by Crippen LogP contribution is -2.47. The molecule has 3 N–H and O–H groups in total. The first kappa shape index (κ1) is 13.3. The fourth-order valence-electron chi connectivity index (χ4n) is 3.16. The number of hydrogen-bond donors (Lipinski definition) is 2. The van der Waals surface area contributed by atoms with E-state index in [-0.39, 0.29) is 11.5 Å². The third-order valence-corrected chi connectivity index (χ3v) is 4.37. The van der Waals surface area contributed by atoms with Gasteiger partial charge in [0.1, 0.15) is 0 Å². The van der Waals surface area contributed by atoms with Crippen LogP contribution in [-0.2, 0) is 4.74 Å². The minimum Gasteiger partial charge on any atom is -0.393 e. The molecule has 4 nitrogen and oxygen atoms in total. The van der Waals surface area contributed by atoms with Crippen LogP contribution in [0.15, 0.2) is 0 Å². The molecule has 0 unspecified atom stereocenters. The Morgan fingerprint density at radius 2 is 2.00 bits per heavy atom. The van der Waals surface area contributed by atoms with E-state index in [4.69, 9.17) is 10.5 Å². The minimum absolute atomic E-state index is 0.0417. The SMILES string of the molecule is CN(CC1CC(O)C1)CC1(CN)CCOCC1. The molecule has 0 aromatic heterocycles. The molecule has 0 amide bonds. The molecule has 1 aliphatic carbocycles. The van der Waals surface area contributed by atoms with Gasteiger partial charge in [0.05, 0.1) is 6.10 Å². The molecular formula is C13H26N2O2. The molecule has 0 spiro atoms. The molecule has 100 valence electrons. The van der Waals surface area contributed by atoms with Gasteiger partial charge in [0.25, 0.3) is 0 Å². The lowest BCUT2D eigenvalue weighted by Gasteiger charge is -2.41. The monoisotopic (exact) mass is 242 g/mol. The van der Waals surface area contributed by atoms with Gasteiger partial charge in [-0.05, 0) is 50.6 Å². The van der Waals surface area contributed by atoms with Crippen LogP contribution in [-0.4, -0.2) is 56.0 Å². The van der Waals surface area contributed by atoms with Crippen molar-refractivity contribution in [3.8, 4) is 0 Å². The topological polar surface area (TPSA) is 58.7 Å². The molecule has 1 aliphatic heterocycles. The van der Waals surface area contributed by atoms with Crippen LogP contribution in [0.25, 0.3) is 0 Å². The summed E-state index contributed by atoms with van der Waals surface area (Å²) >= 11 is 0. The number of aliphatic hydroxyl groups excluding tert-OH is 1. The predicted octanol–water partition coefficient (Wildman–Crippen LogP) is 0.445. The van der Waals surface area contributed by atoms with Crippen molar-refractivity contribution in [2.24, 2.45) is 17.1 Å². The summed E-state index contributed by atoms with van der Waals surface area (Å²) in [5.41, 5.74) is 6.22. The summed E-state index contributed by atoms with van der Waals surface area (Å²) in [4.78, 5) is 2.40. The normalized spacial score (nSPS) is 32.5. The lowest BCUT2D eigenvalue weighted by molar-refractivity contribution is -0.0105. The molecule has 1 saturated heterocycles. The van der Waals surface area contributed by atoms with Crippen LogP contribution in [0.2, 0.25) is 0 Å². The first-order valence-electron chi connectivity index (χ1n) is 6.78. The Kier molecular flexibility index (Phi) is 4.42. The van der Waals surface area contributed by atoms with Gasteiger partial charge in [-0.1, -0.05) is 0 Å². The maximum atomic E-state index is 9.29. The Morgan fingerprint density at radius 1 is 1.35 bits per heavy atom. The molecular weight excluding hydrogens is 216 g/mol. The molecule has 4 heteroatoms. The number of hydrogen-bond acceptors (Lipinski definition) is 4. The van der Waals surface area contributed by atoms with E-state index < -0.39 is 0 Å². The van der Waals surface area contributed by atoms with Crippen LogP contribution in [0.5, 0.6) is 0 Å². The molecule has 2 fully saturated rings. The Hall–Kier alpha value is -0.160. The molecule has 0 atom stereocenters. The second-order valence-corrected chi connectivity index (χ2v) is 6.00. The average molecular weight is 242 g/mol. The lowest BCUT2D eigenvalue weighted by atomic mass is 9.78. The summed E-state index contributed by atoms with van der Waals surface area (Å²) in [6, 6.07) is 0. The van der Waals surface area contributed by atoms with Gasteiger partial charge >= 0.3 is 0 Å². The molecule has 1 saturated carbocycles. The molecule has 17 heavy (non-hydrogen) atoms. The Balaban J connectivity index is 1.77. The van der Waals surface area contributed by atoms with Crippen LogP contribution < -0.4 is 5.73 Å². The Morgan fingerprint density at radius 3 is 2.53 bits per heavy atom. The molecule has 0 radical (unpaired) electrons. The zero-order valence-corrected chi connectivity index (χ0v) is 10.9. The molecule has 0 bridgehead atoms. The summed E-state index contributed by atoms with van der Waals surface area (Å²) in [6.45, 7) is 4.63. The summed E-state index contributed by atoms with van der Waals surface area (Å²) in [6.07, 6.45) is 4.08. The van der Waals surface area contributed by atoms with Gasteiger partial charge < -0.3 is 20.5 Å². The predicted molar refractivity (Wildman–Crippen MR) is 67.8 cm³/mol. The van der Waals surface area contributed by atoms with E-state index in [9.17, 15) is 5.11 Å². The Labute approximate surface area is 104 Å².